The monoisotopic (exact) mass is 408 g/mol. The lowest BCUT2D eigenvalue weighted by molar-refractivity contribution is -0.120. The Morgan fingerprint density at radius 3 is 2.41 bits per heavy atom. The summed E-state index contributed by atoms with van der Waals surface area (Å²) in [6.45, 7) is 0.571. The average Bonchev–Trinajstić information content (AvgIpc) is 2.68. The Bertz CT molecular complexity index is 909. The smallest absolute Gasteiger partial charge is 0.243 e. The van der Waals surface area contributed by atoms with Crippen molar-refractivity contribution < 1.29 is 17.6 Å². The standard InChI is InChI=1S/C19H21FN2O3S2/c1-26-17-5-7-18(8-6-17)27(24,25)22-11-9-14(10-12-22)19(23)21-16-4-2-3-15(20)13-16/h2-8,13-14H,9-12H2,1H3,(H,21,23). The largest absolute Gasteiger partial charge is 0.326 e. The van der Waals surface area contributed by atoms with E-state index in [1.165, 1.54) is 22.5 Å². The van der Waals surface area contributed by atoms with Crippen molar-refractivity contribution in [1.29, 1.82) is 0 Å². The Morgan fingerprint density at radius 2 is 1.81 bits per heavy atom. The molecule has 0 radical (unpaired) electrons. The van der Waals surface area contributed by atoms with E-state index in [2.05, 4.69) is 5.32 Å². The van der Waals surface area contributed by atoms with E-state index in [1.807, 2.05) is 6.26 Å². The molecule has 1 aliphatic rings. The number of nitrogens with zero attached hydrogens (tertiary/aromatic N) is 1. The van der Waals surface area contributed by atoms with Crippen LogP contribution in [-0.4, -0.2) is 38.0 Å². The molecule has 8 heteroatoms. The van der Waals surface area contributed by atoms with Crippen molar-refractivity contribution in [3.63, 3.8) is 0 Å². The summed E-state index contributed by atoms with van der Waals surface area (Å²) in [5, 5.41) is 2.70. The molecule has 0 spiro atoms. The molecule has 1 amide bonds. The van der Waals surface area contributed by atoms with E-state index < -0.39 is 15.8 Å². The molecule has 1 fully saturated rings. The SMILES string of the molecule is CSc1ccc(S(=O)(=O)N2CCC(C(=O)Nc3cccc(F)c3)CC2)cc1. The number of benzene rings is 2. The van der Waals surface area contributed by atoms with Crippen LogP contribution in [-0.2, 0) is 14.8 Å². The Labute approximate surface area is 163 Å². The Balaban J connectivity index is 1.61. The summed E-state index contributed by atoms with van der Waals surface area (Å²) < 4.78 is 40.2. The predicted molar refractivity (Wildman–Crippen MR) is 105 cm³/mol. The summed E-state index contributed by atoms with van der Waals surface area (Å²) in [7, 11) is -3.56. The fourth-order valence-corrected chi connectivity index (χ4v) is 4.94. The fraction of sp³-hybridized carbons (Fsp3) is 0.316. The van der Waals surface area contributed by atoms with Gasteiger partial charge in [-0.1, -0.05) is 6.07 Å². The number of hydrogen-bond donors (Lipinski definition) is 1. The van der Waals surface area contributed by atoms with Crippen molar-refractivity contribution in [2.24, 2.45) is 5.92 Å². The molecule has 0 saturated carbocycles. The molecule has 1 aliphatic heterocycles. The number of hydrogen-bond acceptors (Lipinski definition) is 4. The number of anilines is 1. The van der Waals surface area contributed by atoms with Gasteiger partial charge in [0.2, 0.25) is 15.9 Å². The number of halogens is 1. The van der Waals surface area contributed by atoms with E-state index in [0.29, 0.717) is 18.5 Å². The first-order valence-electron chi connectivity index (χ1n) is 8.61. The van der Waals surface area contributed by atoms with Gasteiger partial charge in [0.1, 0.15) is 5.82 Å². The highest BCUT2D eigenvalue weighted by Gasteiger charge is 2.32. The molecule has 3 rings (SSSR count). The van der Waals surface area contributed by atoms with Gasteiger partial charge < -0.3 is 5.32 Å². The molecule has 27 heavy (non-hydrogen) atoms. The maximum absolute atomic E-state index is 13.2. The number of carbonyl (C=O) groups is 1. The zero-order valence-corrected chi connectivity index (χ0v) is 16.5. The molecule has 0 unspecified atom stereocenters. The normalized spacial score (nSPS) is 16.2. The van der Waals surface area contributed by atoms with Gasteiger partial charge in [-0.2, -0.15) is 4.31 Å². The van der Waals surface area contributed by atoms with Crippen LogP contribution in [0.4, 0.5) is 10.1 Å². The molecule has 1 heterocycles. The van der Waals surface area contributed by atoms with E-state index >= 15 is 0 Å². The molecule has 2 aromatic carbocycles. The van der Waals surface area contributed by atoms with Crippen molar-refractivity contribution >= 4 is 33.4 Å². The summed E-state index contributed by atoms with van der Waals surface area (Å²) in [5.74, 6) is -0.915. The van der Waals surface area contributed by atoms with Crippen LogP contribution in [0, 0.1) is 11.7 Å². The van der Waals surface area contributed by atoms with Crippen LogP contribution >= 0.6 is 11.8 Å². The van der Waals surface area contributed by atoms with Crippen molar-refractivity contribution in [2.45, 2.75) is 22.6 Å². The van der Waals surface area contributed by atoms with Gasteiger partial charge in [-0.25, -0.2) is 12.8 Å². The van der Waals surface area contributed by atoms with Crippen LogP contribution < -0.4 is 5.32 Å². The van der Waals surface area contributed by atoms with Crippen LogP contribution in [0.25, 0.3) is 0 Å². The second-order valence-corrected chi connectivity index (χ2v) is 9.17. The van der Waals surface area contributed by atoms with Gasteiger partial charge in [0.25, 0.3) is 0 Å². The Hall–Kier alpha value is -1.90. The quantitative estimate of drug-likeness (QED) is 0.768. The second kappa shape index (κ2) is 8.41. The molecule has 0 aliphatic carbocycles. The van der Waals surface area contributed by atoms with Crippen LogP contribution in [0.3, 0.4) is 0 Å². The molecule has 5 nitrogen and oxygen atoms in total. The number of piperidine rings is 1. The van der Waals surface area contributed by atoms with Crippen molar-refractivity contribution in [3.05, 3.63) is 54.3 Å². The molecular weight excluding hydrogens is 387 g/mol. The van der Waals surface area contributed by atoms with Gasteiger partial charge in [-0.05, 0) is 61.6 Å². The number of thioether (sulfide) groups is 1. The lowest BCUT2D eigenvalue weighted by Crippen LogP contribution is -2.41. The van der Waals surface area contributed by atoms with Gasteiger partial charge in [0, 0.05) is 29.6 Å². The first-order chi connectivity index (χ1) is 12.9. The molecule has 0 bridgehead atoms. The minimum atomic E-state index is -3.56. The lowest BCUT2D eigenvalue weighted by Gasteiger charge is -2.30. The molecule has 144 valence electrons. The maximum atomic E-state index is 13.2. The average molecular weight is 409 g/mol. The summed E-state index contributed by atoms with van der Waals surface area (Å²) in [6.07, 6.45) is 2.80. The van der Waals surface area contributed by atoms with Gasteiger partial charge in [0.15, 0.2) is 0 Å². The second-order valence-electron chi connectivity index (χ2n) is 6.35. The van der Waals surface area contributed by atoms with Crippen molar-refractivity contribution in [3.8, 4) is 0 Å². The minimum absolute atomic E-state index is 0.207. The third-order valence-electron chi connectivity index (χ3n) is 4.61. The number of nitrogens with one attached hydrogen (secondary N) is 1. The Morgan fingerprint density at radius 1 is 1.15 bits per heavy atom. The highest BCUT2D eigenvalue weighted by Crippen LogP contribution is 2.26. The summed E-state index contributed by atoms with van der Waals surface area (Å²) in [5.41, 5.74) is 0.406. The number of sulfonamides is 1. The molecule has 1 saturated heterocycles. The van der Waals surface area contributed by atoms with Crippen LogP contribution in [0.15, 0.2) is 58.3 Å². The summed E-state index contributed by atoms with van der Waals surface area (Å²) >= 11 is 1.55. The van der Waals surface area contributed by atoms with Crippen molar-refractivity contribution in [1.82, 2.24) is 4.31 Å². The molecule has 1 N–H and O–H groups in total. The third-order valence-corrected chi connectivity index (χ3v) is 7.27. The van der Waals surface area contributed by atoms with Gasteiger partial charge in [0.05, 0.1) is 4.90 Å². The van der Waals surface area contributed by atoms with E-state index in [-0.39, 0.29) is 29.8 Å². The fourth-order valence-electron chi connectivity index (χ4n) is 3.07. The molecule has 2 aromatic rings. The van der Waals surface area contributed by atoms with Crippen LogP contribution in [0.5, 0.6) is 0 Å². The number of amides is 1. The Kier molecular flexibility index (Phi) is 6.18. The molecular formula is C19H21FN2O3S2. The first kappa shape index (κ1) is 19.9. The van der Waals surface area contributed by atoms with Gasteiger partial charge in [-0.3, -0.25) is 4.79 Å². The first-order valence-corrected chi connectivity index (χ1v) is 11.3. The van der Waals surface area contributed by atoms with Gasteiger partial charge >= 0.3 is 0 Å². The van der Waals surface area contributed by atoms with Crippen LogP contribution in [0.1, 0.15) is 12.8 Å². The van der Waals surface area contributed by atoms with E-state index in [1.54, 1.807) is 42.1 Å². The summed E-state index contributed by atoms with van der Waals surface area (Å²) in [4.78, 5) is 13.6. The molecule has 0 atom stereocenters. The van der Waals surface area contributed by atoms with Crippen molar-refractivity contribution in [2.75, 3.05) is 24.7 Å². The minimum Gasteiger partial charge on any atom is -0.326 e. The summed E-state index contributed by atoms with van der Waals surface area (Å²) in [6, 6.07) is 12.5. The van der Waals surface area contributed by atoms with E-state index in [9.17, 15) is 17.6 Å². The molecule has 0 aromatic heterocycles. The van der Waals surface area contributed by atoms with Gasteiger partial charge in [-0.15, -0.1) is 11.8 Å². The third kappa shape index (κ3) is 4.69. The number of carbonyl (C=O) groups excluding carboxylic acids is 1. The highest BCUT2D eigenvalue weighted by atomic mass is 32.2. The van der Waals surface area contributed by atoms with E-state index in [0.717, 1.165) is 4.90 Å². The maximum Gasteiger partial charge on any atom is 0.243 e. The zero-order chi connectivity index (χ0) is 19.4. The highest BCUT2D eigenvalue weighted by molar-refractivity contribution is 7.98. The zero-order valence-electron chi connectivity index (χ0n) is 14.9. The predicted octanol–water partition coefficient (Wildman–Crippen LogP) is 3.59. The van der Waals surface area contributed by atoms with Crippen LogP contribution in [0.2, 0.25) is 0 Å². The number of rotatable bonds is 5. The van der Waals surface area contributed by atoms with E-state index in [4.69, 9.17) is 0 Å². The topological polar surface area (TPSA) is 66.5 Å². The lowest BCUT2D eigenvalue weighted by atomic mass is 9.97.